The van der Waals surface area contributed by atoms with Crippen LogP contribution in [0.15, 0.2) is 78.2 Å². The minimum atomic E-state index is -0.589. The number of benzene rings is 3. The fourth-order valence-electron chi connectivity index (χ4n) is 3.50. The number of carbonyl (C=O) groups is 1. The molecule has 5 nitrogen and oxygen atoms in total. The molecule has 4 rings (SSSR count). The summed E-state index contributed by atoms with van der Waals surface area (Å²) in [7, 11) is 1.60. The number of methoxy groups -OCH3 is 1. The summed E-state index contributed by atoms with van der Waals surface area (Å²) in [5, 5.41) is 9.50. The van der Waals surface area contributed by atoms with Crippen LogP contribution in [0.3, 0.4) is 0 Å². The van der Waals surface area contributed by atoms with Gasteiger partial charge in [0.05, 0.1) is 23.5 Å². The number of anilines is 2. The molecule has 0 unspecified atom stereocenters. The summed E-state index contributed by atoms with van der Waals surface area (Å²) in [5.74, 6) is 0.451. The second kappa shape index (κ2) is 9.66. The number of thiazole rings is 1. The van der Waals surface area contributed by atoms with Crippen LogP contribution >= 0.6 is 11.3 Å². The van der Waals surface area contributed by atoms with E-state index in [1.54, 1.807) is 18.4 Å². The number of aryl methyl sites for hydroxylation is 2. The molecule has 0 saturated heterocycles. The average molecular weight is 444 g/mol. The molecule has 2 N–H and O–H groups in total. The molecule has 0 fully saturated rings. The Morgan fingerprint density at radius 3 is 2.53 bits per heavy atom. The number of aromatic nitrogens is 1. The number of hydrogen-bond donors (Lipinski definition) is 2. The summed E-state index contributed by atoms with van der Waals surface area (Å²) < 4.78 is 5.43. The molecule has 0 spiro atoms. The van der Waals surface area contributed by atoms with Crippen LogP contribution in [0.25, 0.3) is 11.3 Å². The van der Waals surface area contributed by atoms with Crippen molar-refractivity contribution in [3.8, 4) is 17.0 Å². The molecular weight excluding hydrogens is 418 g/mol. The molecular formula is C26H25N3O2S. The Kier molecular flexibility index (Phi) is 6.52. The van der Waals surface area contributed by atoms with E-state index in [0.29, 0.717) is 11.4 Å². The molecule has 1 amide bonds. The minimum absolute atomic E-state index is 0.171. The number of rotatable bonds is 7. The van der Waals surface area contributed by atoms with E-state index in [0.717, 1.165) is 33.1 Å². The van der Waals surface area contributed by atoms with E-state index in [9.17, 15) is 4.79 Å². The van der Waals surface area contributed by atoms with Gasteiger partial charge in [-0.25, -0.2) is 4.98 Å². The Bertz CT molecular complexity index is 1220. The van der Waals surface area contributed by atoms with Crippen LogP contribution in [0.5, 0.6) is 5.75 Å². The van der Waals surface area contributed by atoms with Crippen LogP contribution in [0.2, 0.25) is 0 Å². The van der Waals surface area contributed by atoms with E-state index in [1.807, 2.05) is 92.0 Å². The van der Waals surface area contributed by atoms with Gasteiger partial charge >= 0.3 is 0 Å². The van der Waals surface area contributed by atoms with E-state index < -0.39 is 6.04 Å². The van der Waals surface area contributed by atoms with Crippen molar-refractivity contribution in [3.05, 3.63) is 94.3 Å². The molecule has 1 heterocycles. The summed E-state index contributed by atoms with van der Waals surface area (Å²) in [6, 6.07) is 22.8. The summed E-state index contributed by atoms with van der Waals surface area (Å²) >= 11 is 1.62. The van der Waals surface area contributed by atoms with Crippen molar-refractivity contribution in [3.63, 3.8) is 0 Å². The van der Waals surface area contributed by atoms with Crippen LogP contribution in [0.4, 0.5) is 11.4 Å². The third-order valence-electron chi connectivity index (χ3n) is 5.10. The van der Waals surface area contributed by atoms with Gasteiger partial charge in [0.1, 0.15) is 11.8 Å². The number of nitrogens with one attached hydrogen (secondary N) is 2. The van der Waals surface area contributed by atoms with Crippen LogP contribution in [-0.4, -0.2) is 18.0 Å². The Labute approximate surface area is 192 Å². The maximum Gasteiger partial charge on any atom is 0.251 e. The number of amides is 1. The zero-order valence-corrected chi connectivity index (χ0v) is 19.1. The maximum atomic E-state index is 13.4. The highest BCUT2D eigenvalue weighted by atomic mass is 32.1. The van der Waals surface area contributed by atoms with Gasteiger partial charge in [-0.2, -0.15) is 0 Å². The fraction of sp³-hybridized carbons (Fsp3) is 0.154. The van der Waals surface area contributed by atoms with Gasteiger partial charge in [-0.05, 0) is 49.2 Å². The Hall–Kier alpha value is -3.64. The lowest BCUT2D eigenvalue weighted by Gasteiger charge is -2.21. The summed E-state index contributed by atoms with van der Waals surface area (Å²) in [4.78, 5) is 18.0. The quantitative estimate of drug-likeness (QED) is 0.355. The lowest BCUT2D eigenvalue weighted by molar-refractivity contribution is -0.117. The van der Waals surface area contributed by atoms with Gasteiger partial charge in [0.15, 0.2) is 0 Å². The van der Waals surface area contributed by atoms with E-state index in [4.69, 9.17) is 4.74 Å². The summed E-state index contributed by atoms with van der Waals surface area (Å²) in [5.41, 5.74) is 5.33. The summed E-state index contributed by atoms with van der Waals surface area (Å²) in [6.07, 6.45) is 0. The van der Waals surface area contributed by atoms with E-state index in [-0.39, 0.29) is 5.91 Å². The van der Waals surface area contributed by atoms with Crippen molar-refractivity contribution in [1.82, 2.24) is 4.98 Å². The van der Waals surface area contributed by atoms with Gasteiger partial charge < -0.3 is 15.4 Å². The number of carbonyl (C=O) groups excluding carboxylic acids is 1. The lowest BCUT2D eigenvalue weighted by Crippen LogP contribution is -2.27. The molecule has 32 heavy (non-hydrogen) atoms. The SMILES string of the molecule is COc1ccc(C)cc1NC(=O)[C@H](Nc1cccc(-c2csc(C)n2)c1)c1ccccc1. The van der Waals surface area contributed by atoms with Crippen LogP contribution < -0.4 is 15.4 Å². The van der Waals surface area contributed by atoms with Gasteiger partial charge in [-0.15, -0.1) is 11.3 Å². The Morgan fingerprint density at radius 1 is 1.00 bits per heavy atom. The lowest BCUT2D eigenvalue weighted by atomic mass is 10.0. The van der Waals surface area contributed by atoms with Crippen molar-refractivity contribution in [2.75, 3.05) is 17.7 Å². The number of hydrogen-bond acceptors (Lipinski definition) is 5. The second-order valence-electron chi connectivity index (χ2n) is 7.51. The van der Waals surface area contributed by atoms with Gasteiger partial charge in [0.2, 0.25) is 0 Å². The zero-order valence-electron chi connectivity index (χ0n) is 18.3. The molecule has 0 saturated carbocycles. The molecule has 1 aromatic heterocycles. The first-order valence-corrected chi connectivity index (χ1v) is 11.2. The maximum absolute atomic E-state index is 13.4. The topological polar surface area (TPSA) is 63.2 Å². The van der Waals surface area contributed by atoms with Crippen molar-refractivity contribution < 1.29 is 9.53 Å². The third-order valence-corrected chi connectivity index (χ3v) is 5.87. The van der Waals surface area contributed by atoms with E-state index >= 15 is 0 Å². The standard InChI is InChI=1S/C26H25N3O2S/c1-17-12-13-24(31-3)22(14-17)29-26(30)25(19-8-5-4-6-9-19)28-21-11-7-10-20(15-21)23-16-32-18(2)27-23/h4-16,25,28H,1-3H3,(H,29,30)/t25-/m1/s1. The third kappa shape index (κ3) is 4.98. The predicted molar refractivity (Wildman–Crippen MR) is 131 cm³/mol. The summed E-state index contributed by atoms with van der Waals surface area (Å²) in [6.45, 7) is 3.97. The van der Waals surface area contributed by atoms with Gasteiger partial charge in [0.25, 0.3) is 5.91 Å². The fourth-order valence-corrected chi connectivity index (χ4v) is 4.12. The second-order valence-corrected chi connectivity index (χ2v) is 8.58. The van der Waals surface area contributed by atoms with Crippen LogP contribution in [-0.2, 0) is 4.79 Å². The molecule has 0 aliphatic heterocycles. The van der Waals surface area contributed by atoms with Crippen molar-refractivity contribution >= 4 is 28.6 Å². The van der Waals surface area contributed by atoms with Gasteiger partial charge in [-0.3, -0.25) is 4.79 Å². The Balaban J connectivity index is 1.64. The monoisotopic (exact) mass is 443 g/mol. The number of ether oxygens (including phenoxy) is 1. The highest BCUT2D eigenvalue weighted by Gasteiger charge is 2.22. The molecule has 6 heteroatoms. The highest BCUT2D eigenvalue weighted by molar-refractivity contribution is 7.09. The van der Waals surface area contributed by atoms with Gasteiger partial charge in [-0.1, -0.05) is 48.5 Å². The van der Waals surface area contributed by atoms with E-state index in [2.05, 4.69) is 15.6 Å². The molecule has 0 radical (unpaired) electrons. The first kappa shape index (κ1) is 21.6. The predicted octanol–water partition coefficient (Wildman–Crippen LogP) is 6.23. The normalized spacial score (nSPS) is 11.6. The molecule has 0 aliphatic rings. The van der Waals surface area contributed by atoms with Crippen LogP contribution in [0, 0.1) is 13.8 Å². The highest BCUT2D eigenvalue weighted by Crippen LogP contribution is 2.29. The number of nitrogens with zero attached hydrogens (tertiary/aromatic N) is 1. The largest absolute Gasteiger partial charge is 0.495 e. The van der Waals surface area contributed by atoms with Crippen molar-refractivity contribution in [2.45, 2.75) is 19.9 Å². The first-order valence-electron chi connectivity index (χ1n) is 10.3. The van der Waals surface area contributed by atoms with Crippen molar-refractivity contribution in [2.24, 2.45) is 0 Å². The van der Waals surface area contributed by atoms with Gasteiger partial charge in [0, 0.05) is 16.6 Å². The molecule has 0 bridgehead atoms. The molecule has 162 valence electrons. The van der Waals surface area contributed by atoms with E-state index in [1.165, 1.54) is 0 Å². The Morgan fingerprint density at radius 2 is 1.81 bits per heavy atom. The molecule has 0 aliphatic carbocycles. The average Bonchev–Trinajstić information content (AvgIpc) is 3.25. The smallest absolute Gasteiger partial charge is 0.251 e. The molecule has 1 atom stereocenters. The first-order chi connectivity index (χ1) is 15.5. The zero-order chi connectivity index (χ0) is 22.5. The van der Waals surface area contributed by atoms with Crippen LogP contribution in [0.1, 0.15) is 22.2 Å². The molecule has 4 aromatic rings. The molecule has 3 aromatic carbocycles. The minimum Gasteiger partial charge on any atom is -0.495 e. The van der Waals surface area contributed by atoms with Crippen molar-refractivity contribution in [1.29, 1.82) is 0 Å².